The minimum Gasteiger partial charge on any atom is -0.488 e. The van der Waals surface area contributed by atoms with Crippen LogP contribution in [-0.4, -0.2) is 66.2 Å². The van der Waals surface area contributed by atoms with Crippen molar-refractivity contribution in [3.63, 3.8) is 0 Å². The summed E-state index contributed by atoms with van der Waals surface area (Å²) in [5, 5.41) is 8.35. The van der Waals surface area contributed by atoms with Crippen LogP contribution in [0, 0.1) is 5.82 Å². The molecule has 31 heavy (non-hydrogen) atoms. The summed E-state index contributed by atoms with van der Waals surface area (Å²) in [5.41, 5.74) is 1.86. The molecule has 0 amide bonds. The lowest BCUT2D eigenvalue weighted by atomic mass is 10.1. The van der Waals surface area contributed by atoms with Crippen molar-refractivity contribution in [3.8, 4) is 17.1 Å². The molecule has 2 fully saturated rings. The highest BCUT2D eigenvalue weighted by Crippen LogP contribution is 2.32. The zero-order valence-corrected chi connectivity index (χ0v) is 18.4. The van der Waals surface area contributed by atoms with E-state index in [1.165, 1.54) is 12.4 Å². The monoisotopic (exact) mass is 444 g/mol. The quantitative estimate of drug-likeness (QED) is 0.629. The molecular weight excluding hydrogens is 419 g/mol. The highest BCUT2D eigenvalue weighted by Gasteiger charge is 2.34. The molecule has 0 spiro atoms. The fourth-order valence-corrected chi connectivity index (χ4v) is 5.27. The maximum Gasteiger partial charge on any atom is 0.167 e. The van der Waals surface area contributed by atoms with Crippen LogP contribution >= 0.6 is 0 Å². The van der Waals surface area contributed by atoms with Crippen LogP contribution in [0.1, 0.15) is 26.7 Å². The number of piperazine rings is 1. The van der Waals surface area contributed by atoms with Crippen molar-refractivity contribution in [1.29, 1.82) is 0 Å². The lowest BCUT2D eigenvalue weighted by molar-refractivity contribution is 0.231. The highest BCUT2D eigenvalue weighted by molar-refractivity contribution is 7.83. The van der Waals surface area contributed by atoms with Crippen LogP contribution in [0.4, 0.5) is 10.2 Å². The first-order valence-corrected chi connectivity index (χ1v) is 11.7. The molecule has 1 atom stereocenters. The number of ether oxygens (including phenoxy) is 1. The summed E-state index contributed by atoms with van der Waals surface area (Å²) in [6.45, 7) is 6.74. The number of H-pyrrole nitrogens is 1. The molecule has 3 aromatic rings. The molecule has 2 aliphatic rings. The molecule has 10 heteroatoms. The van der Waals surface area contributed by atoms with E-state index in [0.29, 0.717) is 22.2 Å². The second-order valence-electron chi connectivity index (χ2n) is 8.22. The fourth-order valence-electron chi connectivity index (χ4n) is 3.78. The number of aromatic nitrogens is 4. The fraction of sp³-hybridized carbons (Fsp3) is 0.476. The molecule has 1 aliphatic heterocycles. The summed E-state index contributed by atoms with van der Waals surface area (Å²) in [7, 11) is -0.854. The van der Waals surface area contributed by atoms with E-state index in [1.807, 2.05) is 19.9 Å². The zero-order valence-electron chi connectivity index (χ0n) is 17.5. The van der Waals surface area contributed by atoms with Crippen molar-refractivity contribution in [2.24, 2.45) is 0 Å². The standard InChI is InChI=1S/C21H25FN6O2S/c1-13(2)30-19-9-15-17(10-16(19)22)25-26-21(15)18-11-20(24-12-23-18)27-5-7-28(8-6-27)31(29)14-3-4-14/h9-14H,3-8H2,1-2H3,(H,25,26). The molecule has 0 radical (unpaired) electrons. The Kier molecular flexibility index (Phi) is 5.35. The highest BCUT2D eigenvalue weighted by atomic mass is 32.2. The van der Waals surface area contributed by atoms with Crippen molar-refractivity contribution in [3.05, 3.63) is 30.3 Å². The van der Waals surface area contributed by atoms with Gasteiger partial charge in [-0.1, -0.05) is 0 Å². The molecule has 8 nitrogen and oxygen atoms in total. The molecule has 1 aliphatic carbocycles. The van der Waals surface area contributed by atoms with Gasteiger partial charge in [0.15, 0.2) is 11.6 Å². The topological polar surface area (TPSA) is 87.2 Å². The average Bonchev–Trinajstić information content (AvgIpc) is 3.54. The van der Waals surface area contributed by atoms with Crippen LogP contribution in [0.15, 0.2) is 24.5 Å². The first-order valence-electron chi connectivity index (χ1n) is 10.6. The molecule has 1 saturated carbocycles. The largest absolute Gasteiger partial charge is 0.488 e. The normalized spacial score (nSPS) is 18.6. The van der Waals surface area contributed by atoms with Crippen LogP contribution in [0.25, 0.3) is 22.3 Å². The molecular formula is C21H25FN6O2S. The number of hydrogen-bond acceptors (Lipinski definition) is 6. The van der Waals surface area contributed by atoms with Crippen LogP contribution < -0.4 is 9.64 Å². The molecule has 3 heterocycles. The molecule has 1 aromatic carbocycles. The summed E-state index contributed by atoms with van der Waals surface area (Å²) < 4.78 is 34.4. The SMILES string of the molecule is CC(C)Oc1cc2c(-c3cc(N4CCN(S(=O)C5CC5)CC4)ncn3)n[nH]c2cc1F. The van der Waals surface area contributed by atoms with Gasteiger partial charge >= 0.3 is 0 Å². The second-order valence-corrected chi connectivity index (χ2v) is 9.96. The molecule has 5 rings (SSSR count). The Morgan fingerprint density at radius 1 is 1.16 bits per heavy atom. The molecule has 0 bridgehead atoms. The number of hydrogen-bond donors (Lipinski definition) is 1. The number of aromatic amines is 1. The van der Waals surface area contributed by atoms with Gasteiger partial charge in [-0.05, 0) is 32.8 Å². The van der Waals surface area contributed by atoms with Gasteiger partial charge in [-0.3, -0.25) is 5.10 Å². The lowest BCUT2D eigenvalue weighted by Gasteiger charge is -2.34. The van der Waals surface area contributed by atoms with Crippen LogP contribution in [0.2, 0.25) is 0 Å². The van der Waals surface area contributed by atoms with Gasteiger partial charge in [-0.2, -0.15) is 5.10 Å². The van der Waals surface area contributed by atoms with E-state index in [0.717, 1.165) is 50.2 Å². The van der Waals surface area contributed by atoms with E-state index in [9.17, 15) is 8.60 Å². The van der Waals surface area contributed by atoms with Crippen molar-refractivity contribution in [2.75, 3.05) is 31.1 Å². The van der Waals surface area contributed by atoms with E-state index < -0.39 is 16.8 Å². The number of rotatable bonds is 6. The summed E-state index contributed by atoms with van der Waals surface area (Å²) in [4.78, 5) is 11.0. The minimum atomic E-state index is -0.854. The third-order valence-corrected chi connectivity index (χ3v) is 7.42. The Morgan fingerprint density at radius 3 is 2.65 bits per heavy atom. The molecule has 1 unspecified atom stereocenters. The van der Waals surface area contributed by atoms with Crippen LogP contribution in [0.5, 0.6) is 5.75 Å². The Morgan fingerprint density at radius 2 is 1.94 bits per heavy atom. The Labute approximate surface area is 182 Å². The Bertz CT molecular complexity index is 1120. The van der Waals surface area contributed by atoms with Gasteiger partial charge < -0.3 is 9.64 Å². The molecule has 164 valence electrons. The summed E-state index contributed by atoms with van der Waals surface area (Å²) >= 11 is 0. The summed E-state index contributed by atoms with van der Waals surface area (Å²) in [6.07, 6.45) is 3.54. The first kappa shape index (κ1) is 20.3. The van der Waals surface area contributed by atoms with E-state index in [4.69, 9.17) is 4.74 Å². The van der Waals surface area contributed by atoms with Gasteiger partial charge in [0.05, 0.1) is 28.3 Å². The van der Waals surface area contributed by atoms with Crippen molar-refractivity contribution >= 4 is 27.7 Å². The van der Waals surface area contributed by atoms with E-state index >= 15 is 0 Å². The number of nitrogens with one attached hydrogen (secondary N) is 1. The maximum atomic E-state index is 14.3. The van der Waals surface area contributed by atoms with Crippen LogP contribution in [-0.2, 0) is 11.0 Å². The summed E-state index contributed by atoms with van der Waals surface area (Å²) in [6, 6.07) is 4.96. The number of fused-ring (bicyclic) bond motifs is 1. The Hall–Kier alpha value is -2.59. The van der Waals surface area contributed by atoms with Gasteiger partial charge in [-0.25, -0.2) is 22.9 Å². The van der Waals surface area contributed by atoms with E-state index in [1.54, 1.807) is 6.07 Å². The van der Waals surface area contributed by atoms with Crippen molar-refractivity contribution in [1.82, 2.24) is 24.5 Å². The second kappa shape index (κ2) is 8.16. The minimum absolute atomic E-state index is 0.138. The average molecular weight is 445 g/mol. The third-order valence-electron chi connectivity index (χ3n) is 5.50. The number of nitrogens with zero attached hydrogens (tertiary/aromatic N) is 5. The molecule has 2 aromatic heterocycles. The number of benzene rings is 1. The van der Waals surface area contributed by atoms with Gasteiger partial charge in [-0.15, -0.1) is 0 Å². The van der Waals surface area contributed by atoms with Gasteiger partial charge in [0.1, 0.15) is 17.8 Å². The van der Waals surface area contributed by atoms with E-state index in [2.05, 4.69) is 29.4 Å². The predicted octanol–water partition coefficient (Wildman–Crippen LogP) is 2.89. The van der Waals surface area contributed by atoms with E-state index in [-0.39, 0.29) is 11.9 Å². The zero-order chi connectivity index (χ0) is 21.5. The number of halogens is 1. The lowest BCUT2D eigenvalue weighted by Crippen LogP contribution is -2.47. The first-order chi connectivity index (χ1) is 15.0. The number of anilines is 1. The molecule has 1 saturated heterocycles. The molecule has 1 N–H and O–H groups in total. The van der Waals surface area contributed by atoms with Crippen LogP contribution in [0.3, 0.4) is 0 Å². The predicted molar refractivity (Wildman–Crippen MR) is 118 cm³/mol. The smallest absolute Gasteiger partial charge is 0.167 e. The third kappa shape index (κ3) is 4.14. The van der Waals surface area contributed by atoms with Crippen molar-refractivity contribution in [2.45, 2.75) is 38.0 Å². The summed E-state index contributed by atoms with van der Waals surface area (Å²) in [5.74, 6) is 0.569. The van der Waals surface area contributed by atoms with Crippen molar-refractivity contribution < 1.29 is 13.3 Å². The maximum absolute atomic E-state index is 14.3. The van der Waals surface area contributed by atoms with Gasteiger partial charge in [0.2, 0.25) is 0 Å². The van der Waals surface area contributed by atoms with Gasteiger partial charge in [0.25, 0.3) is 0 Å². The Balaban J connectivity index is 1.39. The van der Waals surface area contributed by atoms with Gasteiger partial charge in [0, 0.05) is 48.9 Å².